The topological polar surface area (TPSA) is 58.6 Å². The van der Waals surface area contributed by atoms with Crippen LogP contribution >= 0.6 is 0 Å². The van der Waals surface area contributed by atoms with Crippen LogP contribution in [-0.4, -0.2) is 31.5 Å². The second-order valence-electron chi connectivity index (χ2n) is 5.93. The van der Waals surface area contributed by atoms with Crippen molar-refractivity contribution >= 4 is 17.5 Å². The molecule has 0 spiro atoms. The van der Waals surface area contributed by atoms with Crippen LogP contribution in [0.5, 0.6) is 5.75 Å². The summed E-state index contributed by atoms with van der Waals surface area (Å²) < 4.78 is 18.6. The Labute approximate surface area is 145 Å². The lowest BCUT2D eigenvalue weighted by Gasteiger charge is -2.17. The Balaban J connectivity index is 1.45. The fourth-order valence-corrected chi connectivity index (χ4v) is 2.79. The summed E-state index contributed by atoms with van der Waals surface area (Å²) >= 11 is 0. The number of halogens is 1. The van der Waals surface area contributed by atoms with Gasteiger partial charge in [-0.2, -0.15) is 0 Å². The zero-order chi connectivity index (χ0) is 17.6. The summed E-state index contributed by atoms with van der Waals surface area (Å²) in [6.45, 7) is 0.690. The molecule has 130 valence electrons. The number of benzene rings is 2. The first kappa shape index (κ1) is 17.0. The van der Waals surface area contributed by atoms with E-state index in [1.807, 2.05) is 30.3 Å². The van der Waals surface area contributed by atoms with Gasteiger partial charge in [-0.25, -0.2) is 4.39 Å². The summed E-state index contributed by atoms with van der Waals surface area (Å²) in [6, 6.07) is 15.4. The van der Waals surface area contributed by atoms with Crippen LogP contribution in [-0.2, 0) is 9.59 Å². The van der Waals surface area contributed by atoms with Crippen LogP contribution < -0.4 is 15.0 Å². The number of nitrogens with zero attached hydrogens (tertiary/aromatic N) is 1. The SMILES string of the molecule is O=C(COc1ccccc1F)NC[C@@H]1CC(=O)N(c2ccccc2)C1. The van der Waals surface area contributed by atoms with Gasteiger partial charge in [0, 0.05) is 31.1 Å². The largest absolute Gasteiger partial charge is 0.481 e. The zero-order valence-corrected chi connectivity index (χ0v) is 13.7. The molecule has 2 aromatic carbocycles. The summed E-state index contributed by atoms with van der Waals surface area (Å²) in [5, 5.41) is 2.74. The van der Waals surface area contributed by atoms with E-state index in [-0.39, 0.29) is 30.1 Å². The van der Waals surface area contributed by atoms with E-state index in [0.717, 1.165) is 5.69 Å². The third-order valence-corrected chi connectivity index (χ3v) is 4.06. The molecule has 0 bridgehead atoms. The first-order valence-electron chi connectivity index (χ1n) is 8.13. The number of para-hydroxylation sites is 2. The second kappa shape index (κ2) is 7.79. The minimum atomic E-state index is -0.504. The Hall–Kier alpha value is -2.89. The van der Waals surface area contributed by atoms with Crippen molar-refractivity contribution in [3.63, 3.8) is 0 Å². The van der Waals surface area contributed by atoms with Gasteiger partial charge in [-0.05, 0) is 24.3 Å². The molecule has 0 radical (unpaired) electrons. The molecule has 1 N–H and O–H groups in total. The van der Waals surface area contributed by atoms with Crippen LogP contribution in [0, 0.1) is 11.7 Å². The van der Waals surface area contributed by atoms with Gasteiger partial charge in [0.25, 0.3) is 5.91 Å². The predicted molar refractivity (Wildman–Crippen MR) is 91.8 cm³/mol. The van der Waals surface area contributed by atoms with E-state index in [9.17, 15) is 14.0 Å². The molecule has 2 aromatic rings. The van der Waals surface area contributed by atoms with Gasteiger partial charge in [-0.15, -0.1) is 0 Å². The number of hydrogen-bond donors (Lipinski definition) is 1. The van der Waals surface area contributed by atoms with Gasteiger partial charge in [0.1, 0.15) is 0 Å². The van der Waals surface area contributed by atoms with Crippen molar-refractivity contribution in [2.24, 2.45) is 5.92 Å². The smallest absolute Gasteiger partial charge is 0.257 e. The van der Waals surface area contributed by atoms with Crippen LogP contribution in [0.4, 0.5) is 10.1 Å². The standard InChI is InChI=1S/C19H19FN2O3/c20-16-8-4-5-9-17(16)25-13-18(23)21-11-14-10-19(24)22(12-14)15-6-2-1-3-7-15/h1-9,14H,10-13H2,(H,21,23)/t14-/m0/s1. The van der Waals surface area contributed by atoms with E-state index >= 15 is 0 Å². The van der Waals surface area contributed by atoms with Crippen LogP contribution in [0.2, 0.25) is 0 Å². The van der Waals surface area contributed by atoms with Gasteiger partial charge in [0.15, 0.2) is 18.2 Å². The van der Waals surface area contributed by atoms with Crippen LogP contribution in [0.1, 0.15) is 6.42 Å². The van der Waals surface area contributed by atoms with Gasteiger partial charge in [-0.1, -0.05) is 30.3 Å². The Morgan fingerprint density at radius 1 is 1.16 bits per heavy atom. The molecule has 1 aliphatic rings. The molecule has 0 unspecified atom stereocenters. The molecule has 0 aromatic heterocycles. The second-order valence-corrected chi connectivity index (χ2v) is 5.93. The van der Waals surface area contributed by atoms with Crippen LogP contribution in [0.15, 0.2) is 54.6 Å². The van der Waals surface area contributed by atoms with Crippen molar-refractivity contribution < 1.29 is 18.7 Å². The van der Waals surface area contributed by atoms with Crippen LogP contribution in [0.25, 0.3) is 0 Å². The lowest BCUT2D eigenvalue weighted by atomic mass is 10.1. The third kappa shape index (κ3) is 4.35. The average molecular weight is 342 g/mol. The highest BCUT2D eigenvalue weighted by Gasteiger charge is 2.30. The number of ether oxygens (including phenoxy) is 1. The normalized spacial score (nSPS) is 16.8. The average Bonchev–Trinajstić information content (AvgIpc) is 3.01. The number of amides is 2. The molecule has 0 aliphatic carbocycles. The molecular weight excluding hydrogens is 323 g/mol. The number of hydrogen-bond acceptors (Lipinski definition) is 3. The first-order chi connectivity index (χ1) is 12.1. The highest BCUT2D eigenvalue weighted by molar-refractivity contribution is 5.95. The van der Waals surface area contributed by atoms with Crippen molar-refractivity contribution in [1.29, 1.82) is 0 Å². The fourth-order valence-electron chi connectivity index (χ4n) is 2.79. The van der Waals surface area contributed by atoms with Crippen molar-refractivity contribution in [1.82, 2.24) is 5.32 Å². The summed E-state index contributed by atoms with van der Waals surface area (Å²) in [7, 11) is 0. The van der Waals surface area contributed by atoms with E-state index in [1.54, 1.807) is 17.0 Å². The van der Waals surface area contributed by atoms with Gasteiger partial charge in [0.2, 0.25) is 5.91 Å². The summed E-state index contributed by atoms with van der Waals surface area (Å²) in [6.07, 6.45) is 0.392. The highest BCUT2D eigenvalue weighted by Crippen LogP contribution is 2.24. The maximum absolute atomic E-state index is 13.4. The lowest BCUT2D eigenvalue weighted by Crippen LogP contribution is -2.34. The van der Waals surface area contributed by atoms with Crippen molar-refractivity contribution in [3.8, 4) is 5.75 Å². The monoisotopic (exact) mass is 342 g/mol. The highest BCUT2D eigenvalue weighted by atomic mass is 19.1. The van der Waals surface area contributed by atoms with Crippen LogP contribution in [0.3, 0.4) is 0 Å². The quantitative estimate of drug-likeness (QED) is 0.877. The number of nitrogens with one attached hydrogen (secondary N) is 1. The van der Waals surface area contributed by atoms with E-state index < -0.39 is 5.82 Å². The van der Waals surface area contributed by atoms with Gasteiger partial charge >= 0.3 is 0 Å². The number of rotatable bonds is 6. The third-order valence-electron chi connectivity index (χ3n) is 4.06. The summed E-state index contributed by atoms with van der Waals surface area (Å²) in [4.78, 5) is 25.7. The van der Waals surface area contributed by atoms with E-state index in [1.165, 1.54) is 12.1 Å². The van der Waals surface area contributed by atoms with Crippen molar-refractivity contribution in [2.75, 3.05) is 24.6 Å². The number of carbonyl (C=O) groups excluding carboxylic acids is 2. The molecule has 1 fully saturated rings. The molecule has 1 heterocycles. The molecular formula is C19H19FN2O3. The fraction of sp³-hybridized carbons (Fsp3) is 0.263. The molecule has 5 nitrogen and oxygen atoms in total. The zero-order valence-electron chi connectivity index (χ0n) is 13.7. The minimum Gasteiger partial charge on any atom is -0.481 e. The molecule has 1 saturated heterocycles. The van der Waals surface area contributed by atoms with E-state index in [4.69, 9.17) is 4.74 Å². The molecule has 6 heteroatoms. The first-order valence-corrected chi connectivity index (χ1v) is 8.13. The van der Waals surface area contributed by atoms with Gasteiger partial charge < -0.3 is 15.0 Å². The molecule has 25 heavy (non-hydrogen) atoms. The Bertz CT molecular complexity index is 751. The number of anilines is 1. The van der Waals surface area contributed by atoms with Crippen molar-refractivity contribution in [2.45, 2.75) is 6.42 Å². The van der Waals surface area contributed by atoms with E-state index in [2.05, 4.69) is 5.32 Å². The van der Waals surface area contributed by atoms with Gasteiger partial charge in [0.05, 0.1) is 0 Å². The molecule has 3 rings (SSSR count). The molecule has 1 atom stereocenters. The van der Waals surface area contributed by atoms with E-state index in [0.29, 0.717) is 19.5 Å². The Morgan fingerprint density at radius 2 is 1.88 bits per heavy atom. The number of carbonyl (C=O) groups is 2. The lowest BCUT2D eigenvalue weighted by molar-refractivity contribution is -0.123. The summed E-state index contributed by atoms with van der Waals surface area (Å²) in [5.74, 6) is -0.703. The molecule has 0 saturated carbocycles. The Kier molecular flexibility index (Phi) is 5.28. The Morgan fingerprint density at radius 3 is 2.64 bits per heavy atom. The maximum Gasteiger partial charge on any atom is 0.257 e. The van der Waals surface area contributed by atoms with Crippen molar-refractivity contribution in [3.05, 3.63) is 60.4 Å². The maximum atomic E-state index is 13.4. The minimum absolute atomic E-state index is 0.0453. The summed E-state index contributed by atoms with van der Waals surface area (Å²) in [5.41, 5.74) is 0.865. The molecule has 2 amide bonds. The predicted octanol–water partition coefficient (Wildman–Crippen LogP) is 2.37. The molecule has 1 aliphatic heterocycles. The van der Waals surface area contributed by atoms with Gasteiger partial charge in [-0.3, -0.25) is 9.59 Å².